The lowest BCUT2D eigenvalue weighted by atomic mass is 10.1. The molecule has 21 heavy (non-hydrogen) atoms. The second-order valence-electron chi connectivity index (χ2n) is 4.90. The zero-order valence-electron chi connectivity index (χ0n) is 12.1. The second kappa shape index (κ2) is 5.53. The van der Waals surface area contributed by atoms with Crippen molar-refractivity contribution >= 4 is 15.9 Å². The highest BCUT2D eigenvalue weighted by Gasteiger charge is 2.32. The summed E-state index contributed by atoms with van der Waals surface area (Å²) in [7, 11) is 0.395. The number of rotatable bonds is 5. The summed E-state index contributed by atoms with van der Waals surface area (Å²) in [5.74, 6) is -0.0152. The van der Waals surface area contributed by atoms with Crippen molar-refractivity contribution in [3.05, 3.63) is 17.7 Å². The molecule has 2 rings (SSSR count). The molecule has 0 unspecified atom stereocenters. The van der Waals surface area contributed by atoms with Crippen LogP contribution in [0.15, 0.2) is 17.0 Å². The van der Waals surface area contributed by atoms with Crippen LogP contribution in [0.1, 0.15) is 23.2 Å². The Morgan fingerprint density at radius 2 is 1.81 bits per heavy atom. The van der Waals surface area contributed by atoms with E-state index in [4.69, 9.17) is 14.6 Å². The number of sulfonamides is 1. The number of hydrogen-bond acceptors (Lipinski definition) is 5. The highest BCUT2D eigenvalue weighted by molar-refractivity contribution is 7.89. The lowest BCUT2D eigenvalue weighted by Gasteiger charge is -2.19. The number of methoxy groups -OCH3 is 2. The Labute approximate surface area is 123 Å². The predicted octanol–water partition coefficient (Wildman–Crippen LogP) is 0.586. The maximum Gasteiger partial charge on any atom is 0.257 e. The van der Waals surface area contributed by atoms with Crippen LogP contribution in [0.3, 0.4) is 0 Å². The van der Waals surface area contributed by atoms with Gasteiger partial charge in [-0.1, -0.05) is 0 Å². The molecule has 1 fully saturated rings. The topological polar surface area (TPSA) is 98.9 Å². The first kappa shape index (κ1) is 15.6. The number of carbonyl (C=O) groups is 1. The first-order valence-electron chi connectivity index (χ1n) is 6.35. The molecule has 116 valence electrons. The molecule has 1 saturated carbocycles. The van der Waals surface area contributed by atoms with E-state index < -0.39 is 10.0 Å². The molecule has 0 aliphatic heterocycles. The van der Waals surface area contributed by atoms with Gasteiger partial charge in [0, 0.05) is 19.2 Å². The van der Waals surface area contributed by atoms with E-state index in [9.17, 15) is 13.2 Å². The van der Waals surface area contributed by atoms with Gasteiger partial charge >= 0.3 is 0 Å². The molecule has 0 heterocycles. The van der Waals surface area contributed by atoms with Crippen molar-refractivity contribution < 1.29 is 22.7 Å². The molecule has 0 bridgehead atoms. The molecule has 0 saturated heterocycles. The Kier molecular flexibility index (Phi) is 4.11. The number of nitrogens with two attached hydrogens (primary N) is 1. The summed E-state index contributed by atoms with van der Waals surface area (Å²) < 4.78 is 33.4. The summed E-state index contributed by atoms with van der Waals surface area (Å²) >= 11 is 0. The lowest BCUT2D eigenvalue weighted by molar-refractivity contribution is 0.0781. The van der Waals surface area contributed by atoms with Crippen molar-refractivity contribution in [1.29, 1.82) is 0 Å². The van der Waals surface area contributed by atoms with Gasteiger partial charge in [0.25, 0.3) is 5.91 Å². The zero-order chi connectivity index (χ0) is 15.8. The van der Waals surface area contributed by atoms with Gasteiger partial charge in [0.15, 0.2) is 0 Å². The molecule has 1 aromatic rings. The van der Waals surface area contributed by atoms with Gasteiger partial charge in [0.05, 0.1) is 19.8 Å². The third kappa shape index (κ3) is 3.11. The Balaban J connectivity index is 2.55. The van der Waals surface area contributed by atoms with E-state index in [2.05, 4.69) is 0 Å². The number of nitrogens with zero attached hydrogens (tertiary/aromatic N) is 1. The summed E-state index contributed by atoms with van der Waals surface area (Å²) in [5, 5.41) is 5.17. The predicted molar refractivity (Wildman–Crippen MR) is 76.0 cm³/mol. The molecule has 0 aromatic heterocycles. The number of ether oxygens (including phenoxy) is 2. The Bertz CT molecular complexity index is 667. The summed E-state index contributed by atoms with van der Waals surface area (Å²) in [4.78, 5) is 13.8. The summed E-state index contributed by atoms with van der Waals surface area (Å²) in [6.45, 7) is 0. The Morgan fingerprint density at radius 1 is 1.24 bits per heavy atom. The molecule has 1 aliphatic carbocycles. The van der Waals surface area contributed by atoms with E-state index in [1.165, 1.54) is 26.4 Å². The van der Waals surface area contributed by atoms with Crippen LogP contribution in [0.25, 0.3) is 0 Å². The van der Waals surface area contributed by atoms with Crippen molar-refractivity contribution in [1.82, 2.24) is 4.90 Å². The lowest BCUT2D eigenvalue weighted by Crippen LogP contribution is -2.29. The summed E-state index contributed by atoms with van der Waals surface area (Å²) in [6, 6.07) is 2.75. The van der Waals surface area contributed by atoms with Gasteiger partial charge in [-0.05, 0) is 18.9 Å². The maximum atomic E-state index is 12.5. The van der Waals surface area contributed by atoms with Crippen molar-refractivity contribution in [3.63, 3.8) is 0 Å². The van der Waals surface area contributed by atoms with Gasteiger partial charge in [0.2, 0.25) is 10.0 Å². The quantitative estimate of drug-likeness (QED) is 0.857. The van der Waals surface area contributed by atoms with Crippen LogP contribution < -0.4 is 14.6 Å². The minimum absolute atomic E-state index is 0.0416. The van der Waals surface area contributed by atoms with Crippen molar-refractivity contribution in [3.8, 4) is 11.5 Å². The third-order valence-electron chi connectivity index (χ3n) is 3.44. The average Bonchev–Trinajstić information content (AvgIpc) is 3.27. The minimum atomic E-state index is -4.01. The highest BCUT2D eigenvalue weighted by Crippen LogP contribution is 2.34. The van der Waals surface area contributed by atoms with Gasteiger partial charge in [-0.25, -0.2) is 13.6 Å². The maximum absolute atomic E-state index is 12.5. The van der Waals surface area contributed by atoms with Crippen molar-refractivity contribution in [2.45, 2.75) is 23.8 Å². The van der Waals surface area contributed by atoms with E-state index in [1.807, 2.05) is 0 Å². The fourth-order valence-electron chi connectivity index (χ4n) is 2.08. The molecular formula is C13H18N2O5S. The molecule has 0 atom stereocenters. The standard InChI is InChI=1S/C13H18N2O5S/c1-15(8-4-5-8)13(16)9-6-12(21(14,17)18)11(20-3)7-10(9)19-2/h6-8H,4-5H2,1-3H3,(H2,14,17,18). The average molecular weight is 314 g/mol. The third-order valence-corrected chi connectivity index (χ3v) is 4.37. The fourth-order valence-corrected chi connectivity index (χ4v) is 2.78. The molecule has 1 aliphatic rings. The summed E-state index contributed by atoms with van der Waals surface area (Å²) in [5.41, 5.74) is 0.150. The van der Waals surface area contributed by atoms with E-state index >= 15 is 0 Å². The van der Waals surface area contributed by atoms with Gasteiger partial charge in [-0.15, -0.1) is 0 Å². The van der Waals surface area contributed by atoms with Gasteiger partial charge in [0.1, 0.15) is 16.4 Å². The second-order valence-corrected chi connectivity index (χ2v) is 6.43. The van der Waals surface area contributed by atoms with E-state index in [0.29, 0.717) is 0 Å². The zero-order valence-corrected chi connectivity index (χ0v) is 12.9. The van der Waals surface area contributed by atoms with Gasteiger partial charge in [-0.3, -0.25) is 4.79 Å². The monoisotopic (exact) mass is 314 g/mol. The van der Waals surface area contributed by atoms with Gasteiger partial charge < -0.3 is 14.4 Å². The van der Waals surface area contributed by atoms with Gasteiger partial charge in [-0.2, -0.15) is 0 Å². The van der Waals surface area contributed by atoms with Crippen LogP contribution in [0.4, 0.5) is 0 Å². The SMILES string of the molecule is COc1cc(OC)c(S(N)(=O)=O)cc1C(=O)N(C)C1CC1. The molecule has 1 amide bonds. The highest BCUT2D eigenvalue weighted by atomic mass is 32.2. The Hall–Kier alpha value is -1.80. The molecule has 8 heteroatoms. The molecule has 0 spiro atoms. The minimum Gasteiger partial charge on any atom is -0.496 e. The normalized spacial score (nSPS) is 14.7. The molecule has 1 aromatic carbocycles. The first-order chi connectivity index (χ1) is 9.79. The van der Waals surface area contributed by atoms with Crippen molar-refractivity contribution in [2.24, 2.45) is 5.14 Å². The first-order valence-corrected chi connectivity index (χ1v) is 7.90. The van der Waals surface area contributed by atoms with E-state index in [1.54, 1.807) is 11.9 Å². The number of hydrogen-bond donors (Lipinski definition) is 1. The molecular weight excluding hydrogens is 296 g/mol. The van der Waals surface area contributed by atoms with Crippen LogP contribution in [0.5, 0.6) is 11.5 Å². The van der Waals surface area contributed by atoms with E-state index in [0.717, 1.165) is 12.8 Å². The van der Waals surface area contributed by atoms with Crippen molar-refractivity contribution in [2.75, 3.05) is 21.3 Å². The van der Waals surface area contributed by atoms with Crippen LogP contribution in [-0.2, 0) is 10.0 Å². The number of amides is 1. The molecule has 2 N–H and O–H groups in total. The number of primary sulfonamides is 1. The smallest absolute Gasteiger partial charge is 0.257 e. The molecule has 0 radical (unpaired) electrons. The Morgan fingerprint density at radius 3 is 2.24 bits per heavy atom. The molecule has 7 nitrogen and oxygen atoms in total. The van der Waals surface area contributed by atoms with Crippen LogP contribution in [0.2, 0.25) is 0 Å². The van der Waals surface area contributed by atoms with Crippen LogP contribution in [0, 0.1) is 0 Å². The van der Waals surface area contributed by atoms with E-state index in [-0.39, 0.29) is 33.9 Å². The fraction of sp³-hybridized carbons (Fsp3) is 0.462. The van der Waals surface area contributed by atoms with Crippen LogP contribution >= 0.6 is 0 Å². The van der Waals surface area contributed by atoms with Crippen LogP contribution in [-0.4, -0.2) is 46.5 Å². The number of carbonyl (C=O) groups excluding carboxylic acids is 1. The summed E-state index contributed by atoms with van der Waals surface area (Å²) in [6.07, 6.45) is 1.89. The largest absolute Gasteiger partial charge is 0.496 e. The number of benzene rings is 1.